The van der Waals surface area contributed by atoms with Crippen molar-refractivity contribution in [2.24, 2.45) is 5.73 Å². The molecule has 1 aliphatic heterocycles. The number of H-pyrrole nitrogens is 1. The third-order valence-corrected chi connectivity index (χ3v) is 3.53. The molecular weight excluding hydrogens is 230 g/mol. The second-order valence-electron chi connectivity index (χ2n) is 4.81. The van der Waals surface area contributed by atoms with Crippen LogP contribution in [0, 0.1) is 0 Å². The molecule has 0 bridgehead atoms. The first-order valence-corrected chi connectivity index (χ1v) is 6.35. The zero-order valence-corrected chi connectivity index (χ0v) is 10.6. The van der Waals surface area contributed by atoms with Gasteiger partial charge in [0.1, 0.15) is 5.69 Å². The summed E-state index contributed by atoms with van der Waals surface area (Å²) >= 11 is 0. The highest BCUT2D eigenvalue weighted by molar-refractivity contribution is 5.92. The van der Waals surface area contributed by atoms with E-state index >= 15 is 0 Å². The first kappa shape index (κ1) is 12.8. The number of carbonyl (C=O) groups excluding carboxylic acids is 1. The van der Waals surface area contributed by atoms with Gasteiger partial charge in [0.25, 0.3) is 5.91 Å². The largest absolute Gasteiger partial charge is 0.330 e. The van der Waals surface area contributed by atoms with Crippen molar-refractivity contribution >= 4 is 5.91 Å². The van der Waals surface area contributed by atoms with Crippen LogP contribution in [-0.2, 0) is 0 Å². The van der Waals surface area contributed by atoms with E-state index in [9.17, 15) is 9.59 Å². The van der Waals surface area contributed by atoms with Crippen LogP contribution in [0.4, 0.5) is 0 Å². The third-order valence-electron chi connectivity index (χ3n) is 3.53. The molecule has 5 heteroatoms. The number of pyridine rings is 1. The Bertz CT molecular complexity index is 483. The summed E-state index contributed by atoms with van der Waals surface area (Å²) in [5, 5.41) is 0. The number of likely N-dealkylation sites (tertiary alicyclic amines) is 1. The van der Waals surface area contributed by atoms with E-state index in [4.69, 9.17) is 5.73 Å². The molecule has 0 aliphatic carbocycles. The van der Waals surface area contributed by atoms with Crippen LogP contribution in [0.2, 0.25) is 0 Å². The van der Waals surface area contributed by atoms with E-state index in [-0.39, 0.29) is 23.6 Å². The van der Waals surface area contributed by atoms with Crippen molar-refractivity contribution in [3.05, 3.63) is 34.2 Å². The zero-order valence-electron chi connectivity index (χ0n) is 10.6. The van der Waals surface area contributed by atoms with Crippen LogP contribution in [0.25, 0.3) is 0 Å². The van der Waals surface area contributed by atoms with Gasteiger partial charge in [-0.1, -0.05) is 6.07 Å². The lowest BCUT2D eigenvalue weighted by atomic mass is 9.96. The minimum absolute atomic E-state index is 0.0740. The minimum Gasteiger partial charge on any atom is -0.330 e. The summed E-state index contributed by atoms with van der Waals surface area (Å²) in [5.74, 6) is -0.129. The summed E-state index contributed by atoms with van der Waals surface area (Å²) < 4.78 is 0. The Morgan fingerprint density at radius 2 is 2.28 bits per heavy atom. The molecule has 0 saturated carbocycles. The lowest BCUT2D eigenvalue weighted by molar-refractivity contribution is 0.0488. The summed E-state index contributed by atoms with van der Waals surface area (Å²) in [6.07, 6.45) is 3.01. The van der Waals surface area contributed by atoms with Gasteiger partial charge in [0, 0.05) is 24.7 Å². The molecule has 2 atom stereocenters. The molecule has 2 heterocycles. The average Bonchev–Trinajstić information content (AvgIpc) is 2.37. The number of aromatic nitrogens is 1. The van der Waals surface area contributed by atoms with Crippen molar-refractivity contribution in [1.82, 2.24) is 9.88 Å². The van der Waals surface area contributed by atoms with Crippen LogP contribution < -0.4 is 11.3 Å². The SMILES string of the molecule is CC1CCCC(CN)N1C(=O)c1cccc(=O)[nH]1. The molecule has 98 valence electrons. The predicted molar refractivity (Wildman–Crippen MR) is 69.4 cm³/mol. The maximum Gasteiger partial charge on any atom is 0.270 e. The molecule has 1 amide bonds. The number of nitrogens with zero attached hydrogens (tertiary/aromatic N) is 1. The van der Waals surface area contributed by atoms with Gasteiger partial charge in [-0.3, -0.25) is 9.59 Å². The van der Waals surface area contributed by atoms with Crippen LogP contribution in [0.1, 0.15) is 36.7 Å². The van der Waals surface area contributed by atoms with Gasteiger partial charge in [0.05, 0.1) is 0 Å². The van der Waals surface area contributed by atoms with E-state index in [0.717, 1.165) is 19.3 Å². The molecule has 1 aliphatic rings. The molecule has 0 radical (unpaired) electrons. The Morgan fingerprint density at radius 3 is 2.94 bits per heavy atom. The van der Waals surface area contributed by atoms with Gasteiger partial charge in [-0.25, -0.2) is 0 Å². The molecule has 5 nitrogen and oxygen atoms in total. The van der Waals surface area contributed by atoms with Crippen LogP contribution in [-0.4, -0.2) is 34.4 Å². The van der Waals surface area contributed by atoms with E-state index in [1.54, 1.807) is 12.1 Å². The summed E-state index contributed by atoms with van der Waals surface area (Å²) in [6, 6.07) is 4.88. The molecule has 0 aromatic carbocycles. The minimum atomic E-state index is -0.255. The molecule has 1 aromatic rings. The maximum absolute atomic E-state index is 12.4. The highest BCUT2D eigenvalue weighted by Gasteiger charge is 2.31. The number of rotatable bonds is 2. The number of amides is 1. The average molecular weight is 249 g/mol. The predicted octanol–water partition coefficient (Wildman–Crippen LogP) is 0.717. The van der Waals surface area contributed by atoms with Crippen LogP contribution >= 0.6 is 0 Å². The smallest absolute Gasteiger partial charge is 0.270 e. The Balaban J connectivity index is 2.28. The maximum atomic E-state index is 12.4. The van der Waals surface area contributed by atoms with Crippen molar-refractivity contribution in [3.63, 3.8) is 0 Å². The van der Waals surface area contributed by atoms with Crippen LogP contribution in [0.5, 0.6) is 0 Å². The second kappa shape index (κ2) is 5.35. The molecule has 3 N–H and O–H groups in total. The van der Waals surface area contributed by atoms with E-state index in [2.05, 4.69) is 4.98 Å². The van der Waals surface area contributed by atoms with E-state index in [1.807, 2.05) is 11.8 Å². The second-order valence-corrected chi connectivity index (χ2v) is 4.81. The standard InChI is InChI=1S/C13H19N3O2/c1-9-4-2-5-10(8-14)16(9)13(18)11-6-3-7-12(17)15-11/h3,6-7,9-10H,2,4-5,8,14H2,1H3,(H,15,17). The monoisotopic (exact) mass is 249 g/mol. The lowest BCUT2D eigenvalue weighted by Crippen LogP contribution is -2.52. The van der Waals surface area contributed by atoms with Gasteiger partial charge in [-0.05, 0) is 32.3 Å². The first-order valence-electron chi connectivity index (χ1n) is 6.35. The third kappa shape index (κ3) is 2.46. The number of nitrogens with two attached hydrogens (primary N) is 1. The number of carbonyl (C=O) groups is 1. The van der Waals surface area contributed by atoms with E-state index < -0.39 is 0 Å². The molecule has 1 saturated heterocycles. The Morgan fingerprint density at radius 1 is 1.50 bits per heavy atom. The fourth-order valence-electron chi connectivity index (χ4n) is 2.60. The topological polar surface area (TPSA) is 79.2 Å². The van der Waals surface area contributed by atoms with E-state index in [1.165, 1.54) is 6.07 Å². The molecule has 2 unspecified atom stereocenters. The van der Waals surface area contributed by atoms with Gasteiger partial charge in [-0.2, -0.15) is 0 Å². The number of piperidine rings is 1. The Hall–Kier alpha value is -1.62. The van der Waals surface area contributed by atoms with Crippen molar-refractivity contribution in [2.75, 3.05) is 6.54 Å². The molecule has 1 aromatic heterocycles. The van der Waals surface area contributed by atoms with Gasteiger partial charge < -0.3 is 15.6 Å². The van der Waals surface area contributed by atoms with Gasteiger partial charge in [-0.15, -0.1) is 0 Å². The van der Waals surface area contributed by atoms with Crippen molar-refractivity contribution in [3.8, 4) is 0 Å². The molecule has 2 rings (SSSR count). The fraction of sp³-hybridized carbons (Fsp3) is 0.538. The van der Waals surface area contributed by atoms with E-state index in [0.29, 0.717) is 12.2 Å². The van der Waals surface area contributed by atoms with Crippen molar-refractivity contribution in [1.29, 1.82) is 0 Å². The highest BCUT2D eigenvalue weighted by Crippen LogP contribution is 2.23. The van der Waals surface area contributed by atoms with Gasteiger partial charge in [0.2, 0.25) is 5.56 Å². The van der Waals surface area contributed by atoms with Crippen LogP contribution in [0.15, 0.2) is 23.0 Å². The Labute approximate surface area is 106 Å². The summed E-state index contributed by atoms with van der Waals surface area (Å²) in [6.45, 7) is 2.49. The number of aromatic amines is 1. The summed E-state index contributed by atoms with van der Waals surface area (Å²) in [4.78, 5) is 28.1. The number of hydrogen-bond acceptors (Lipinski definition) is 3. The molecule has 0 spiro atoms. The molecular formula is C13H19N3O2. The van der Waals surface area contributed by atoms with Crippen molar-refractivity contribution < 1.29 is 4.79 Å². The Kier molecular flexibility index (Phi) is 3.81. The van der Waals surface area contributed by atoms with Gasteiger partial charge >= 0.3 is 0 Å². The zero-order chi connectivity index (χ0) is 13.1. The molecule has 1 fully saturated rings. The van der Waals surface area contributed by atoms with Gasteiger partial charge in [0.15, 0.2) is 0 Å². The normalized spacial score (nSPS) is 24.0. The summed E-state index contributed by atoms with van der Waals surface area (Å²) in [7, 11) is 0. The first-order chi connectivity index (χ1) is 8.63. The quantitative estimate of drug-likeness (QED) is 0.810. The highest BCUT2D eigenvalue weighted by atomic mass is 16.2. The molecule has 18 heavy (non-hydrogen) atoms. The fourth-order valence-corrected chi connectivity index (χ4v) is 2.60. The number of nitrogens with one attached hydrogen (secondary N) is 1. The van der Waals surface area contributed by atoms with Crippen molar-refractivity contribution in [2.45, 2.75) is 38.3 Å². The summed E-state index contributed by atoms with van der Waals surface area (Å²) in [5.41, 5.74) is 5.82. The lowest BCUT2D eigenvalue weighted by Gasteiger charge is -2.40. The van der Waals surface area contributed by atoms with Crippen LogP contribution in [0.3, 0.4) is 0 Å². The number of hydrogen-bond donors (Lipinski definition) is 2.